The van der Waals surface area contributed by atoms with Gasteiger partial charge in [-0.1, -0.05) is 37.6 Å². The minimum Gasteiger partial charge on any atom is -0.448 e. The van der Waals surface area contributed by atoms with Crippen molar-refractivity contribution in [2.45, 2.75) is 58.2 Å². The number of esters is 2. The number of nitriles is 1. The molecule has 0 aromatic heterocycles. The van der Waals surface area contributed by atoms with Gasteiger partial charge < -0.3 is 14.8 Å². The molecule has 0 radical (unpaired) electrons. The van der Waals surface area contributed by atoms with Crippen molar-refractivity contribution in [1.82, 2.24) is 0 Å². The number of hydrogen-bond acceptors (Lipinski definition) is 7. The number of benzene rings is 2. The van der Waals surface area contributed by atoms with Gasteiger partial charge in [0.15, 0.2) is 0 Å². The smallest absolute Gasteiger partial charge is 0.303 e. The monoisotopic (exact) mass is 513 g/mol. The van der Waals surface area contributed by atoms with E-state index in [-0.39, 0.29) is 11.6 Å². The molecule has 0 bridgehead atoms. The number of alkyl halides is 1. The van der Waals surface area contributed by atoms with E-state index in [1.807, 2.05) is 32.0 Å². The summed E-state index contributed by atoms with van der Waals surface area (Å²) >= 11 is 6.33. The van der Waals surface area contributed by atoms with Crippen molar-refractivity contribution in [3.63, 3.8) is 0 Å². The molecule has 2 rings (SSSR count). The molecule has 36 heavy (non-hydrogen) atoms. The molecular formula is C26H28ClN3O6. The van der Waals surface area contributed by atoms with E-state index < -0.39 is 41.5 Å². The maximum atomic E-state index is 13.7. The van der Waals surface area contributed by atoms with Gasteiger partial charge in [0.1, 0.15) is 5.50 Å². The summed E-state index contributed by atoms with van der Waals surface area (Å²) in [7, 11) is 0. The topological polar surface area (TPSA) is 126 Å². The van der Waals surface area contributed by atoms with E-state index in [1.165, 1.54) is 31.2 Å². The maximum Gasteiger partial charge on any atom is 0.303 e. The fraction of sp³-hybridized carbons (Fsp3) is 0.346. The quantitative estimate of drug-likeness (QED) is 0.304. The molecule has 0 spiro atoms. The molecule has 2 aromatic rings. The highest BCUT2D eigenvalue weighted by Gasteiger charge is 2.43. The predicted molar refractivity (Wildman–Crippen MR) is 134 cm³/mol. The number of amides is 2. The lowest BCUT2D eigenvalue weighted by Gasteiger charge is -2.32. The highest BCUT2D eigenvalue weighted by Crippen LogP contribution is 2.26. The highest BCUT2D eigenvalue weighted by molar-refractivity contribution is 6.24. The molecule has 3 atom stereocenters. The first-order valence-electron chi connectivity index (χ1n) is 11.2. The van der Waals surface area contributed by atoms with Gasteiger partial charge in [0, 0.05) is 25.2 Å². The number of carbonyl (C=O) groups excluding carboxylic acids is 4. The second kappa shape index (κ2) is 12.7. The molecule has 0 saturated carbocycles. The minimum absolute atomic E-state index is 0.254. The van der Waals surface area contributed by atoms with Crippen molar-refractivity contribution < 1.29 is 28.7 Å². The van der Waals surface area contributed by atoms with Crippen LogP contribution in [0, 0.1) is 11.3 Å². The first kappa shape index (κ1) is 28.3. The van der Waals surface area contributed by atoms with E-state index in [9.17, 15) is 19.2 Å². The van der Waals surface area contributed by atoms with Crippen LogP contribution in [0.4, 0.5) is 11.4 Å². The molecule has 0 saturated heterocycles. The van der Waals surface area contributed by atoms with Crippen LogP contribution in [0.3, 0.4) is 0 Å². The Bertz CT molecular complexity index is 1140. The Morgan fingerprint density at radius 1 is 0.889 bits per heavy atom. The van der Waals surface area contributed by atoms with Gasteiger partial charge in [-0.25, -0.2) is 0 Å². The summed E-state index contributed by atoms with van der Waals surface area (Å²) in [6.45, 7) is 7.71. The number of ether oxygens (including phenoxy) is 2. The van der Waals surface area contributed by atoms with Gasteiger partial charge >= 0.3 is 11.9 Å². The maximum absolute atomic E-state index is 13.7. The SMILES string of the molecule is CC(=O)O[C@@H](C(=O)Nc1ccc(C#N)cc1)[C@@H](OC(C)=O)C(=O)N(c1ccc(C(C)C)cc1)C(C)Cl. The Morgan fingerprint density at radius 2 is 1.42 bits per heavy atom. The summed E-state index contributed by atoms with van der Waals surface area (Å²) in [4.78, 5) is 51.7. The van der Waals surface area contributed by atoms with Gasteiger partial charge in [0.05, 0.1) is 11.6 Å². The summed E-state index contributed by atoms with van der Waals surface area (Å²) in [5.41, 5.74) is 1.17. The average Bonchev–Trinajstić information content (AvgIpc) is 2.81. The van der Waals surface area contributed by atoms with Crippen LogP contribution in [0.1, 0.15) is 51.7 Å². The van der Waals surface area contributed by atoms with E-state index in [1.54, 1.807) is 12.1 Å². The zero-order chi connectivity index (χ0) is 27.0. The molecule has 2 aromatic carbocycles. The Labute approximate surface area is 214 Å². The Morgan fingerprint density at radius 3 is 1.86 bits per heavy atom. The number of rotatable bonds is 9. The first-order valence-corrected chi connectivity index (χ1v) is 11.6. The largest absolute Gasteiger partial charge is 0.448 e. The lowest BCUT2D eigenvalue weighted by Crippen LogP contribution is -2.54. The third-order valence-electron chi connectivity index (χ3n) is 5.08. The van der Waals surface area contributed by atoms with Crippen molar-refractivity contribution in [2.24, 2.45) is 0 Å². The fourth-order valence-corrected chi connectivity index (χ4v) is 3.57. The van der Waals surface area contributed by atoms with Crippen molar-refractivity contribution in [3.05, 3.63) is 59.7 Å². The zero-order valence-electron chi connectivity index (χ0n) is 20.7. The molecule has 0 aliphatic heterocycles. The number of nitrogens with zero attached hydrogens (tertiary/aromatic N) is 2. The summed E-state index contributed by atoms with van der Waals surface area (Å²) in [6.07, 6.45) is -3.64. The van der Waals surface area contributed by atoms with Gasteiger partial charge in [-0.05, 0) is 54.8 Å². The molecule has 9 nitrogen and oxygen atoms in total. The summed E-state index contributed by atoms with van der Waals surface area (Å²) in [5, 5.41) is 11.5. The summed E-state index contributed by atoms with van der Waals surface area (Å²) < 4.78 is 10.4. The second-order valence-corrected chi connectivity index (χ2v) is 8.90. The normalized spacial score (nSPS) is 13.1. The number of carbonyl (C=O) groups is 4. The van der Waals surface area contributed by atoms with Gasteiger partial charge in [-0.15, -0.1) is 0 Å². The Hall–Kier alpha value is -3.90. The molecule has 2 amide bonds. The van der Waals surface area contributed by atoms with Gasteiger partial charge in [0.25, 0.3) is 11.8 Å². The van der Waals surface area contributed by atoms with Crippen molar-refractivity contribution in [2.75, 3.05) is 10.2 Å². The number of anilines is 2. The van der Waals surface area contributed by atoms with E-state index in [2.05, 4.69) is 5.32 Å². The third kappa shape index (κ3) is 7.55. The van der Waals surface area contributed by atoms with Crippen LogP contribution in [0.25, 0.3) is 0 Å². The first-order chi connectivity index (χ1) is 16.9. The van der Waals surface area contributed by atoms with Crippen molar-refractivity contribution in [1.29, 1.82) is 5.26 Å². The average molecular weight is 514 g/mol. The molecular weight excluding hydrogens is 486 g/mol. The van der Waals surface area contributed by atoms with Crippen LogP contribution in [-0.2, 0) is 28.7 Å². The highest BCUT2D eigenvalue weighted by atomic mass is 35.5. The molecule has 0 aliphatic carbocycles. The molecule has 1 unspecified atom stereocenters. The molecule has 0 fully saturated rings. The second-order valence-electron chi connectivity index (χ2n) is 8.27. The van der Waals surface area contributed by atoms with Crippen LogP contribution >= 0.6 is 11.6 Å². The molecule has 0 heterocycles. The third-order valence-corrected chi connectivity index (χ3v) is 5.27. The van der Waals surface area contributed by atoms with Gasteiger partial charge in [-0.2, -0.15) is 5.26 Å². The molecule has 10 heteroatoms. The number of nitrogens with one attached hydrogen (secondary N) is 1. The van der Waals surface area contributed by atoms with Crippen LogP contribution < -0.4 is 10.2 Å². The Kier molecular flexibility index (Phi) is 10.00. The van der Waals surface area contributed by atoms with Crippen LogP contribution in [0.2, 0.25) is 0 Å². The minimum atomic E-state index is -1.82. The van der Waals surface area contributed by atoms with Crippen molar-refractivity contribution >= 4 is 46.7 Å². The van der Waals surface area contributed by atoms with Crippen molar-refractivity contribution in [3.8, 4) is 6.07 Å². The fourth-order valence-electron chi connectivity index (χ4n) is 3.36. The Balaban J connectivity index is 2.46. The van der Waals surface area contributed by atoms with Crippen LogP contribution in [0.5, 0.6) is 0 Å². The van der Waals surface area contributed by atoms with Crippen LogP contribution in [0.15, 0.2) is 48.5 Å². The standard InChI is InChI=1S/C26H28ClN3O6/c1-15(2)20-8-12-22(13-9-20)30(16(3)27)26(34)24(36-18(5)32)23(35-17(4)31)25(33)29-21-10-6-19(14-28)7-11-21/h6-13,15-16,23-24H,1-5H3,(H,29,33)/t16?,23-,24-/m1/s1. The molecule has 190 valence electrons. The van der Waals surface area contributed by atoms with Crippen LogP contribution in [-0.4, -0.2) is 41.5 Å². The zero-order valence-corrected chi connectivity index (χ0v) is 21.4. The summed E-state index contributed by atoms with van der Waals surface area (Å²) in [5.74, 6) is -3.25. The number of hydrogen-bond donors (Lipinski definition) is 1. The molecule has 1 N–H and O–H groups in total. The van der Waals surface area contributed by atoms with Gasteiger partial charge in [0.2, 0.25) is 12.2 Å². The van der Waals surface area contributed by atoms with E-state index in [0.29, 0.717) is 11.3 Å². The van der Waals surface area contributed by atoms with E-state index in [0.717, 1.165) is 24.3 Å². The number of halogens is 1. The van der Waals surface area contributed by atoms with E-state index >= 15 is 0 Å². The van der Waals surface area contributed by atoms with E-state index in [4.69, 9.17) is 26.3 Å². The lowest BCUT2D eigenvalue weighted by atomic mass is 10.0. The lowest BCUT2D eigenvalue weighted by molar-refractivity contribution is -0.172. The predicted octanol–water partition coefficient (Wildman–Crippen LogP) is 4.10. The molecule has 0 aliphatic rings. The van der Waals surface area contributed by atoms with Gasteiger partial charge in [-0.3, -0.25) is 24.1 Å². The summed E-state index contributed by atoms with van der Waals surface area (Å²) in [6, 6.07) is 14.9.